The molecule has 1 aromatic heterocycles. The SMILES string of the molecule is Cc1cc(C2CCCN2)cs1. The van der Waals surface area contributed by atoms with Gasteiger partial charge in [-0.25, -0.2) is 0 Å². The highest BCUT2D eigenvalue weighted by molar-refractivity contribution is 7.10. The molecule has 2 heteroatoms. The molecule has 0 spiro atoms. The lowest BCUT2D eigenvalue weighted by molar-refractivity contribution is 0.650. The van der Waals surface area contributed by atoms with Crippen LogP contribution in [0.25, 0.3) is 0 Å². The van der Waals surface area contributed by atoms with Gasteiger partial charge in [-0.3, -0.25) is 0 Å². The third-order valence-electron chi connectivity index (χ3n) is 2.21. The number of hydrogen-bond donors (Lipinski definition) is 1. The van der Waals surface area contributed by atoms with E-state index in [9.17, 15) is 0 Å². The second-order valence-electron chi connectivity index (χ2n) is 3.14. The molecule has 2 heterocycles. The van der Waals surface area contributed by atoms with E-state index in [1.165, 1.54) is 29.8 Å². The Kier molecular flexibility index (Phi) is 1.96. The van der Waals surface area contributed by atoms with Crippen LogP contribution in [0.4, 0.5) is 0 Å². The third-order valence-corrected chi connectivity index (χ3v) is 3.09. The summed E-state index contributed by atoms with van der Waals surface area (Å²) in [5.41, 5.74) is 1.49. The van der Waals surface area contributed by atoms with Crippen LogP contribution in [0.15, 0.2) is 11.4 Å². The molecule has 0 radical (unpaired) electrons. The standard InChI is InChI=1S/C9H13NS/c1-7-5-8(6-11-7)9-3-2-4-10-9/h5-6,9-10H,2-4H2,1H3. The van der Waals surface area contributed by atoms with Crippen LogP contribution < -0.4 is 5.32 Å². The summed E-state index contributed by atoms with van der Waals surface area (Å²) in [6, 6.07) is 2.95. The van der Waals surface area contributed by atoms with Gasteiger partial charge in [-0.1, -0.05) is 0 Å². The van der Waals surface area contributed by atoms with Gasteiger partial charge in [0.25, 0.3) is 0 Å². The zero-order valence-electron chi connectivity index (χ0n) is 6.76. The average Bonchev–Trinajstić information content (AvgIpc) is 2.55. The molecule has 1 nitrogen and oxygen atoms in total. The minimum absolute atomic E-state index is 0.653. The van der Waals surface area contributed by atoms with E-state index in [1.807, 2.05) is 11.3 Å². The van der Waals surface area contributed by atoms with Crippen molar-refractivity contribution < 1.29 is 0 Å². The zero-order chi connectivity index (χ0) is 7.68. The van der Waals surface area contributed by atoms with Crippen LogP contribution in [0.5, 0.6) is 0 Å². The van der Waals surface area contributed by atoms with Gasteiger partial charge < -0.3 is 5.32 Å². The first-order chi connectivity index (χ1) is 5.36. The predicted molar refractivity (Wildman–Crippen MR) is 49.0 cm³/mol. The Morgan fingerprint density at radius 2 is 2.55 bits per heavy atom. The monoisotopic (exact) mass is 167 g/mol. The van der Waals surface area contributed by atoms with Crippen molar-refractivity contribution >= 4 is 11.3 Å². The van der Waals surface area contributed by atoms with Crippen LogP contribution in [-0.2, 0) is 0 Å². The fraction of sp³-hybridized carbons (Fsp3) is 0.556. The summed E-state index contributed by atoms with van der Waals surface area (Å²) < 4.78 is 0. The van der Waals surface area contributed by atoms with E-state index in [0.29, 0.717) is 6.04 Å². The first-order valence-corrected chi connectivity index (χ1v) is 5.02. The number of aryl methyl sites for hydroxylation is 1. The summed E-state index contributed by atoms with van der Waals surface area (Å²) in [5.74, 6) is 0. The summed E-state index contributed by atoms with van der Waals surface area (Å²) in [7, 11) is 0. The normalized spacial score (nSPS) is 24.3. The van der Waals surface area contributed by atoms with Gasteiger partial charge in [-0.15, -0.1) is 11.3 Å². The van der Waals surface area contributed by atoms with Crippen LogP contribution in [0.3, 0.4) is 0 Å². The highest BCUT2D eigenvalue weighted by Gasteiger charge is 2.16. The molecule has 11 heavy (non-hydrogen) atoms. The summed E-state index contributed by atoms with van der Waals surface area (Å²) in [6.45, 7) is 3.36. The molecule has 1 aromatic rings. The van der Waals surface area contributed by atoms with Crippen LogP contribution in [0.2, 0.25) is 0 Å². The Balaban J connectivity index is 2.15. The van der Waals surface area contributed by atoms with Gasteiger partial charge in [0.2, 0.25) is 0 Å². The molecule has 2 rings (SSSR count). The van der Waals surface area contributed by atoms with E-state index in [0.717, 1.165) is 0 Å². The van der Waals surface area contributed by atoms with E-state index >= 15 is 0 Å². The Hall–Kier alpha value is -0.340. The molecule has 1 aliphatic heterocycles. The van der Waals surface area contributed by atoms with Crippen LogP contribution in [0.1, 0.15) is 29.3 Å². The fourth-order valence-corrected chi connectivity index (χ4v) is 2.37. The van der Waals surface area contributed by atoms with Gasteiger partial charge >= 0.3 is 0 Å². The Morgan fingerprint density at radius 1 is 1.64 bits per heavy atom. The van der Waals surface area contributed by atoms with Gasteiger partial charge in [-0.05, 0) is 43.3 Å². The second-order valence-corrected chi connectivity index (χ2v) is 4.25. The molecule has 1 fully saturated rings. The van der Waals surface area contributed by atoms with Crippen molar-refractivity contribution in [2.75, 3.05) is 6.54 Å². The topological polar surface area (TPSA) is 12.0 Å². The van der Waals surface area contributed by atoms with Gasteiger partial charge in [-0.2, -0.15) is 0 Å². The first kappa shape index (κ1) is 7.32. The molecule has 1 atom stereocenters. The molecule has 0 saturated carbocycles. The minimum atomic E-state index is 0.653. The predicted octanol–water partition coefficient (Wildman–Crippen LogP) is 2.48. The minimum Gasteiger partial charge on any atom is -0.310 e. The average molecular weight is 167 g/mol. The van der Waals surface area contributed by atoms with Crippen molar-refractivity contribution in [3.63, 3.8) is 0 Å². The van der Waals surface area contributed by atoms with Crippen molar-refractivity contribution in [3.8, 4) is 0 Å². The first-order valence-electron chi connectivity index (χ1n) is 4.15. The maximum Gasteiger partial charge on any atom is 0.0329 e. The van der Waals surface area contributed by atoms with Crippen molar-refractivity contribution in [1.29, 1.82) is 0 Å². The molecule has 1 aliphatic rings. The quantitative estimate of drug-likeness (QED) is 0.677. The van der Waals surface area contributed by atoms with Crippen molar-refractivity contribution in [1.82, 2.24) is 5.32 Å². The maximum absolute atomic E-state index is 3.49. The zero-order valence-corrected chi connectivity index (χ0v) is 7.58. The van der Waals surface area contributed by atoms with E-state index in [-0.39, 0.29) is 0 Å². The molecule has 0 aliphatic carbocycles. The van der Waals surface area contributed by atoms with Crippen LogP contribution in [0, 0.1) is 6.92 Å². The lowest BCUT2D eigenvalue weighted by Crippen LogP contribution is -2.11. The highest BCUT2D eigenvalue weighted by Crippen LogP contribution is 2.26. The number of nitrogens with one attached hydrogen (secondary N) is 1. The Morgan fingerprint density at radius 3 is 3.09 bits per heavy atom. The van der Waals surface area contributed by atoms with Gasteiger partial charge in [0, 0.05) is 10.9 Å². The molecule has 0 amide bonds. The molecule has 1 unspecified atom stereocenters. The van der Waals surface area contributed by atoms with Gasteiger partial charge in [0.1, 0.15) is 0 Å². The van der Waals surface area contributed by atoms with E-state index < -0.39 is 0 Å². The lowest BCUT2D eigenvalue weighted by atomic mass is 10.1. The summed E-state index contributed by atoms with van der Waals surface area (Å²) >= 11 is 1.85. The van der Waals surface area contributed by atoms with Crippen molar-refractivity contribution in [2.24, 2.45) is 0 Å². The van der Waals surface area contributed by atoms with Crippen LogP contribution in [-0.4, -0.2) is 6.54 Å². The molecule has 60 valence electrons. The van der Waals surface area contributed by atoms with E-state index in [2.05, 4.69) is 23.7 Å². The summed E-state index contributed by atoms with van der Waals surface area (Å²) in [4.78, 5) is 1.42. The van der Waals surface area contributed by atoms with E-state index in [4.69, 9.17) is 0 Å². The molecular weight excluding hydrogens is 154 g/mol. The summed E-state index contributed by atoms with van der Waals surface area (Å²) in [6.07, 6.45) is 2.65. The summed E-state index contributed by atoms with van der Waals surface area (Å²) in [5, 5.41) is 5.77. The molecule has 1 N–H and O–H groups in total. The number of hydrogen-bond acceptors (Lipinski definition) is 2. The van der Waals surface area contributed by atoms with Gasteiger partial charge in [0.05, 0.1) is 0 Å². The maximum atomic E-state index is 3.49. The smallest absolute Gasteiger partial charge is 0.0329 e. The Labute approximate surface area is 71.4 Å². The van der Waals surface area contributed by atoms with E-state index in [1.54, 1.807) is 0 Å². The molecule has 0 aromatic carbocycles. The molecular formula is C9H13NS. The van der Waals surface area contributed by atoms with Crippen molar-refractivity contribution in [2.45, 2.75) is 25.8 Å². The van der Waals surface area contributed by atoms with Crippen LogP contribution >= 0.6 is 11.3 Å². The fourth-order valence-electron chi connectivity index (χ4n) is 1.62. The van der Waals surface area contributed by atoms with Crippen molar-refractivity contribution in [3.05, 3.63) is 21.9 Å². The molecule has 1 saturated heterocycles. The second kappa shape index (κ2) is 2.95. The van der Waals surface area contributed by atoms with Gasteiger partial charge in [0.15, 0.2) is 0 Å². The Bertz CT molecular complexity index is 235. The largest absolute Gasteiger partial charge is 0.310 e. The third kappa shape index (κ3) is 1.47. The number of rotatable bonds is 1. The number of thiophene rings is 1. The molecule has 0 bridgehead atoms. The highest BCUT2D eigenvalue weighted by atomic mass is 32.1. The lowest BCUT2D eigenvalue weighted by Gasteiger charge is -2.05.